The quantitative estimate of drug-likeness (QED) is 0.501. The molecule has 0 radical (unpaired) electrons. The Bertz CT molecular complexity index is 1210. The molecule has 0 saturated carbocycles. The molecule has 32 heavy (non-hydrogen) atoms. The fraction of sp³-hybridized carbons (Fsp3) is 0.417. The molecule has 172 valence electrons. The van der Waals surface area contributed by atoms with Crippen molar-refractivity contribution in [3.8, 4) is 0 Å². The first-order valence-corrected chi connectivity index (χ1v) is 12.9. The van der Waals surface area contributed by atoms with Gasteiger partial charge in [0, 0.05) is 17.6 Å². The summed E-state index contributed by atoms with van der Waals surface area (Å²) in [7, 11) is -3.64. The van der Waals surface area contributed by atoms with Crippen molar-refractivity contribution in [3.05, 3.63) is 53.6 Å². The summed E-state index contributed by atoms with van der Waals surface area (Å²) >= 11 is 1.26. The molecule has 0 aliphatic carbocycles. The molecule has 0 saturated heterocycles. The molecular weight excluding hydrogens is 442 g/mol. The topological polar surface area (TPSA) is 79.4 Å². The lowest BCUT2D eigenvalue weighted by Gasteiger charge is -2.29. The van der Waals surface area contributed by atoms with Gasteiger partial charge in [0.2, 0.25) is 10.0 Å². The van der Waals surface area contributed by atoms with Crippen LogP contribution < -0.4 is 5.32 Å². The van der Waals surface area contributed by atoms with Gasteiger partial charge in [-0.1, -0.05) is 44.2 Å². The van der Waals surface area contributed by atoms with Crippen molar-refractivity contribution in [1.82, 2.24) is 9.29 Å². The zero-order valence-corrected chi connectivity index (χ0v) is 21.3. The number of thiazole rings is 1. The van der Waals surface area contributed by atoms with Crippen molar-refractivity contribution in [1.29, 1.82) is 0 Å². The Balaban J connectivity index is 1.86. The van der Waals surface area contributed by atoms with Gasteiger partial charge in [-0.3, -0.25) is 10.1 Å². The standard InChI is InChI=1S/C24H31N3O3S2/c1-15(2)27(16(3)4)32(29,30)19-12-13-20-21(14-19)31-23(25-20)26-22(28)17-8-10-18(11-9-17)24(5,6)7/h8-16H,1-7H3,(H,25,26,28). The number of amides is 1. The van der Waals surface area contributed by atoms with Gasteiger partial charge in [0.05, 0.1) is 15.1 Å². The highest BCUT2D eigenvalue weighted by atomic mass is 32.2. The van der Waals surface area contributed by atoms with Crippen LogP contribution in [0.3, 0.4) is 0 Å². The van der Waals surface area contributed by atoms with Crippen LogP contribution in [0.2, 0.25) is 0 Å². The van der Waals surface area contributed by atoms with E-state index in [1.807, 2.05) is 39.8 Å². The van der Waals surface area contributed by atoms with Crippen molar-refractivity contribution in [2.24, 2.45) is 0 Å². The SMILES string of the molecule is CC(C)N(C(C)C)S(=O)(=O)c1ccc2nc(NC(=O)c3ccc(C(C)(C)C)cc3)sc2c1. The molecule has 3 aromatic rings. The number of rotatable bonds is 6. The Kier molecular flexibility index (Phi) is 6.79. The van der Waals surface area contributed by atoms with Crippen molar-refractivity contribution >= 4 is 42.6 Å². The summed E-state index contributed by atoms with van der Waals surface area (Å²) in [5.74, 6) is -0.247. The lowest BCUT2D eigenvalue weighted by molar-refractivity contribution is 0.102. The van der Waals surface area contributed by atoms with E-state index in [4.69, 9.17) is 0 Å². The van der Waals surface area contributed by atoms with Crippen LogP contribution in [-0.2, 0) is 15.4 Å². The fourth-order valence-corrected chi connectivity index (χ4v) is 6.52. The van der Waals surface area contributed by atoms with Crippen molar-refractivity contribution in [2.75, 3.05) is 5.32 Å². The second kappa shape index (κ2) is 8.92. The molecule has 2 aromatic carbocycles. The van der Waals surface area contributed by atoms with E-state index in [0.29, 0.717) is 20.9 Å². The van der Waals surface area contributed by atoms with E-state index in [1.165, 1.54) is 15.6 Å². The number of benzene rings is 2. The van der Waals surface area contributed by atoms with Crippen molar-refractivity contribution in [3.63, 3.8) is 0 Å². The minimum Gasteiger partial charge on any atom is -0.298 e. The predicted octanol–water partition coefficient (Wildman–Crippen LogP) is 5.65. The summed E-state index contributed by atoms with van der Waals surface area (Å²) in [6.07, 6.45) is 0. The third-order valence-corrected chi connectivity index (χ3v) is 8.37. The molecule has 1 N–H and O–H groups in total. The molecule has 0 unspecified atom stereocenters. The molecule has 0 bridgehead atoms. The third kappa shape index (κ3) is 5.03. The van der Waals surface area contributed by atoms with Crippen LogP contribution in [-0.4, -0.2) is 35.7 Å². The summed E-state index contributed by atoms with van der Waals surface area (Å²) in [4.78, 5) is 17.4. The average Bonchev–Trinajstić information content (AvgIpc) is 3.07. The Morgan fingerprint density at radius 2 is 1.59 bits per heavy atom. The number of fused-ring (bicyclic) bond motifs is 1. The fourth-order valence-electron chi connectivity index (χ4n) is 3.68. The molecule has 6 nitrogen and oxygen atoms in total. The van der Waals surface area contributed by atoms with Gasteiger partial charge in [-0.05, 0) is 69.0 Å². The van der Waals surface area contributed by atoms with Gasteiger partial charge in [-0.2, -0.15) is 4.31 Å². The lowest BCUT2D eigenvalue weighted by Crippen LogP contribution is -2.41. The molecule has 0 spiro atoms. The molecule has 3 rings (SSSR count). The zero-order chi connectivity index (χ0) is 23.8. The number of hydrogen-bond acceptors (Lipinski definition) is 5. The van der Waals surface area contributed by atoms with Gasteiger partial charge in [0.25, 0.3) is 5.91 Å². The number of carbonyl (C=O) groups excluding carboxylic acids is 1. The summed E-state index contributed by atoms with van der Waals surface area (Å²) < 4.78 is 28.5. The maximum Gasteiger partial charge on any atom is 0.257 e. The molecule has 1 aromatic heterocycles. The molecule has 0 fully saturated rings. The van der Waals surface area contributed by atoms with E-state index >= 15 is 0 Å². The first kappa shape index (κ1) is 24.4. The van der Waals surface area contributed by atoms with Gasteiger partial charge < -0.3 is 0 Å². The van der Waals surface area contributed by atoms with Gasteiger partial charge >= 0.3 is 0 Å². The second-order valence-corrected chi connectivity index (χ2v) is 12.3. The van der Waals surface area contributed by atoms with Gasteiger partial charge in [0.1, 0.15) is 0 Å². The van der Waals surface area contributed by atoms with Crippen LogP contribution >= 0.6 is 11.3 Å². The predicted molar refractivity (Wildman–Crippen MR) is 132 cm³/mol. The first-order chi connectivity index (χ1) is 14.8. The summed E-state index contributed by atoms with van der Waals surface area (Å²) in [5.41, 5.74) is 2.36. The highest BCUT2D eigenvalue weighted by molar-refractivity contribution is 7.89. The Morgan fingerprint density at radius 1 is 1.00 bits per heavy atom. The zero-order valence-electron chi connectivity index (χ0n) is 19.6. The van der Waals surface area contributed by atoms with Crippen LogP contribution in [0.25, 0.3) is 10.2 Å². The van der Waals surface area contributed by atoms with Gasteiger partial charge in [-0.25, -0.2) is 13.4 Å². The molecule has 8 heteroatoms. The normalized spacial score (nSPS) is 12.8. The van der Waals surface area contributed by atoms with E-state index in [0.717, 1.165) is 5.56 Å². The highest BCUT2D eigenvalue weighted by Crippen LogP contribution is 2.31. The van der Waals surface area contributed by atoms with Crippen LogP contribution in [0.1, 0.15) is 64.4 Å². The average molecular weight is 474 g/mol. The number of sulfonamides is 1. The maximum atomic E-state index is 13.2. The monoisotopic (exact) mass is 473 g/mol. The number of nitrogens with one attached hydrogen (secondary N) is 1. The van der Waals surface area contributed by atoms with Crippen LogP contribution in [0.4, 0.5) is 5.13 Å². The van der Waals surface area contributed by atoms with Crippen molar-refractivity contribution < 1.29 is 13.2 Å². The maximum absolute atomic E-state index is 13.2. The van der Waals surface area contributed by atoms with Crippen molar-refractivity contribution in [2.45, 2.75) is 70.9 Å². The van der Waals surface area contributed by atoms with Crippen LogP contribution in [0.5, 0.6) is 0 Å². The number of carbonyl (C=O) groups is 1. The number of aromatic nitrogens is 1. The molecule has 0 aliphatic rings. The molecule has 0 aliphatic heterocycles. The van der Waals surface area contributed by atoms with E-state index in [-0.39, 0.29) is 28.3 Å². The summed E-state index contributed by atoms with van der Waals surface area (Å²) in [6.45, 7) is 13.8. The van der Waals surface area contributed by atoms with E-state index in [2.05, 4.69) is 31.1 Å². The highest BCUT2D eigenvalue weighted by Gasteiger charge is 2.29. The van der Waals surface area contributed by atoms with Gasteiger partial charge in [0.15, 0.2) is 5.13 Å². The summed E-state index contributed by atoms with van der Waals surface area (Å²) in [6, 6.07) is 12.1. The Morgan fingerprint density at radius 3 is 2.12 bits per heavy atom. The smallest absolute Gasteiger partial charge is 0.257 e. The minimum absolute atomic E-state index is 0.0147. The first-order valence-electron chi connectivity index (χ1n) is 10.7. The summed E-state index contributed by atoms with van der Waals surface area (Å²) in [5, 5.41) is 3.27. The molecule has 0 atom stereocenters. The number of nitrogens with zero attached hydrogens (tertiary/aromatic N) is 2. The minimum atomic E-state index is -3.64. The number of hydrogen-bond donors (Lipinski definition) is 1. The van der Waals surface area contributed by atoms with E-state index in [1.54, 1.807) is 30.3 Å². The Labute approximate surface area is 194 Å². The van der Waals surface area contributed by atoms with Gasteiger partial charge in [-0.15, -0.1) is 0 Å². The van der Waals surface area contributed by atoms with E-state index in [9.17, 15) is 13.2 Å². The molecular formula is C24H31N3O3S2. The third-order valence-electron chi connectivity index (χ3n) is 5.19. The molecule has 1 amide bonds. The number of anilines is 1. The largest absolute Gasteiger partial charge is 0.298 e. The Hall–Kier alpha value is -2.29. The van der Waals surface area contributed by atoms with Crippen LogP contribution in [0, 0.1) is 0 Å². The van der Waals surface area contributed by atoms with E-state index < -0.39 is 10.0 Å². The lowest BCUT2D eigenvalue weighted by atomic mass is 9.87. The second-order valence-electron chi connectivity index (χ2n) is 9.45. The molecule has 1 heterocycles. The van der Waals surface area contributed by atoms with Crippen LogP contribution in [0.15, 0.2) is 47.4 Å².